The van der Waals surface area contributed by atoms with E-state index in [9.17, 15) is 13.2 Å². The summed E-state index contributed by atoms with van der Waals surface area (Å²) in [5, 5.41) is 17.8. The summed E-state index contributed by atoms with van der Waals surface area (Å²) >= 11 is 0. The summed E-state index contributed by atoms with van der Waals surface area (Å²) in [5.41, 5.74) is 1.73. The second-order valence-electron chi connectivity index (χ2n) is 6.18. The van der Waals surface area contributed by atoms with Crippen molar-refractivity contribution in [3.8, 4) is 11.5 Å². The molecule has 0 saturated heterocycles. The lowest BCUT2D eigenvalue weighted by Crippen LogP contribution is -2.21. The van der Waals surface area contributed by atoms with Gasteiger partial charge < -0.3 is 25.2 Å². The predicted octanol–water partition coefficient (Wildman–Crippen LogP) is 3.66. The maximum absolute atomic E-state index is 10.6. The van der Waals surface area contributed by atoms with Gasteiger partial charge in [-0.1, -0.05) is 0 Å². The van der Waals surface area contributed by atoms with E-state index in [2.05, 4.69) is 25.7 Å². The van der Waals surface area contributed by atoms with Gasteiger partial charge in [0.05, 0.1) is 19.9 Å². The number of benzene rings is 1. The van der Waals surface area contributed by atoms with Crippen LogP contribution in [-0.4, -0.2) is 51.2 Å². The molecule has 3 aromatic rings. The van der Waals surface area contributed by atoms with Crippen LogP contribution in [0.15, 0.2) is 36.5 Å². The van der Waals surface area contributed by atoms with Crippen LogP contribution in [0.4, 0.5) is 36.4 Å². The van der Waals surface area contributed by atoms with Crippen LogP contribution in [0.1, 0.15) is 5.69 Å². The van der Waals surface area contributed by atoms with E-state index >= 15 is 0 Å². The van der Waals surface area contributed by atoms with Gasteiger partial charge in [-0.15, -0.1) is 0 Å². The first kappa shape index (κ1) is 24.2. The Balaban J connectivity index is 0.000000451. The zero-order valence-corrected chi connectivity index (χ0v) is 17.6. The molecule has 0 radical (unpaired) electrons. The zero-order valence-electron chi connectivity index (χ0n) is 17.6. The van der Waals surface area contributed by atoms with Gasteiger partial charge >= 0.3 is 12.1 Å². The maximum Gasteiger partial charge on any atom is 0.490 e. The number of aromatic nitrogens is 4. The predicted molar refractivity (Wildman–Crippen MR) is 110 cm³/mol. The van der Waals surface area contributed by atoms with E-state index in [-0.39, 0.29) is 0 Å². The summed E-state index contributed by atoms with van der Waals surface area (Å²) in [7, 11) is 5.07. The van der Waals surface area contributed by atoms with Crippen LogP contribution in [0.3, 0.4) is 0 Å². The number of rotatable bonds is 6. The van der Waals surface area contributed by atoms with Gasteiger partial charge in [-0.2, -0.15) is 23.3 Å². The van der Waals surface area contributed by atoms with Gasteiger partial charge in [-0.05, 0) is 25.1 Å². The minimum absolute atomic E-state index is 0.469. The molecule has 10 nitrogen and oxygen atoms in total. The number of nitrogens with one attached hydrogen (secondary N) is 2. The van der Waals surface area contributed by atoms with E-state index in [0.29, 0.717) is 23.3 Å². The van der Waals surface area contributed by atoms with Gasteiger partial charge in [0.1, 0.15) is 11.6 Å². The molecule has 3 rings (SSSR count). The number of nitrogens with zero attached hydrogens (tertiary/aromatic N) is 4. The molecule has 0 aliphatic heterocycles. The van der Waals surface area contributed by atoms with Gasteiger partial charge in [-0.3, -0.25) is 4.68 Å². The topological polar surface area (TPSA) is 123 Å². The molecule has 0 amide bonds. The minimum atomic E-state index is -5.08. The molecule has 0 bridgehead atoms. The van der Waals surface area contributed by atoms with E-state index in [1.165, 1.54) is 0 Å². The molecule has 0 atom stereocenters. The van der Waals surface area contributed by atoms with Crippen LogP contribution in [0.25, 0.3) is 0 Å². The highest BCUT2D eigenvalue weighted by atomic mass is 19.4. The van der Waals surface area contributed by atoms with Gasteiger partial charge in [-0.25, -0.2) is 9.78 Å². The smallest absolute Gasteiger partial charge is 0.490 e. The number of alkyl halides is 3. The quantitative estimate of drug-likeness (QED) is 0.512. The Morgan fingerprint density at radius 1 is 1.09 bits per heavy atom. The number of carbonyl (C=O) groups is 1. The Labute approximate surface area is 181 Å². The minimum Gasteiger partial charge on any atom is -0.493 e. The van der Waals surface area contributed by atoms with Crippen molar-refractivity contribution < 1.29 is 32.5 Å². The van der Waals surface area contributed by atoms with Crippen LogP contribution in [-0.2, 0) is 11.8 Å². The first-order chi connectivity index (χ1) is 15.0. The summed E-state index contributed by atoms with van der Waals surface area (Å²) < 4.78 is 44.0. The Hall–Kier alpha value is -4.03. The molecule has 172 valence electrons. The molecule has 0 saturated carbocycles. The SMILES string of the molecule is COc1ccc(Nc2nccc(Nc3cc(C)nn3C)n2)cc1OC.O=C(O)C(F)(F)F. The third-order valence-corrected chi connectivity index (χ3v) is 3.80. The number of ether oxygens (including phenoxy) is 2. The van der Waals surface area contributed by atoms with Crippen LogP contribution in [0, 0.1) is 6.92 Å². The average molecular weight is 454 g/mol. The number of hydrogen-bond donors (Lipinski definition) is 3. The lowest BCUT2D eigenvalue weighted by Gasteiger charge is -2.11. The molecule has 13 heteroatoms. The highest BCUT2D eigenvalue weighted by Crippen LogP contribution is 2.30. The van der Waals surface area contributed by atoms with E-state index in [1.807, 2.05) is 38.2 Å². The molecule has 1 aromatic carbocycles. The monoisotopic (exact) mass is 454 g/mol. The van der Waals surface area contributed by atoms with Gasteiger partial charge in [0.15, 0.2) is 11.5 Å². The standard InChI is InChI=1S/C17H20N6O2.C2HF3O2/c1-11-9-16(23(2)22-11)20-15-7-8-18-17(21-15)19-12-5-6-13(24-3)14(10-12)25-4;3-2(4,5)1(6)7/h5-10H,1-4H3,(H2,18,19,20,21);(H,6,7). The Bertz CT molecular complexity index is 1070. The Morgan fingerprint density at radius 3 is 2.28 bits per heavy atom. The third kappa shape index (κ3) is 6.75. The maximum atomic E-state index is 10.6. The van der Waals surface area contributed by atoms with E-state index in [0.717, 1.165) is 17.2 Å². The van der Waals surface area contributed by atoms with Crippen LogP contribution in [0.5, 0.6) is 11.5 Å². The van der Waals surface area contributed by atoms with Crippen LogP contribution in [0.2, 0.25) is 0 Å². The summed E-state index contributed by atoms with van der Waals surface area (Å²) in [5.74, 6) is 0.529. The van der Waals surface area contributed by atoms with Crippen LogP contribution >= 0.6 is 0 Å². The lowest BCUT2D eigenvalue weighted by molar-refractivity contribution is -0.192. The number of hydrogen-bond acceptors (Lipinski definition) is 8. The fraction of sp³-hybridized carbons (Fsp3) is 0.263. The zero-order chi connectivity index (χ0) is 23.9. The molecule has 0 aliphatic carbocycles. The number of anilines is 4. The number of halogens is 3. The van der Waals surface area contributed by atoms with Crippen molar-refractivity contribution >= 4 is 29.2 Å². The van der Waals surface area contributed by atoms with Crippen molar-refractivity contribution in [3.63, 3.8) is 0 Å². The molecule has 3 N–H and O–H groups in total. The fourth-order valence-corrected chi connectivity index (χ4v) is 2.39. The second-order valence-corrected chi connectivity index (χ2v) is 6.18. The van der Waals surface area contributed by atoms with E-state index in [4.69, 9.17) is 19.4 Å². The normalized spacial score (nSPS) is 10.6. The highest BCUT2D eigenvalue weighted by molar-refractivity contribution is 5.73. The first-order valence-corrected chi connectivity index (χ1v) is 8.93. The number of aliphatic carboxylic acids is 1. The molecule has 0 aliphatic rings. The number of carboxylic acid groups (broad SMARTS) is 1. The van der Waals surface area contributed by atoms with Gasteiger partial charge in [0, 0.05) is 31.1 Å². The van der Waals surface area contributed by atoms with Crippen molar-refractivity contribution in [1.29, 1.82) is 0 Å². The number of carboxylic acids is 1. The molecular weight excluding hydrogens is 433 g/mol. The molecule has 0 fully saturated rings. The van der Waals surface area contributed by atoms with Crippen molar-refractivity contribution in [2.75, 3.05) is 24.9 Å². The fourth-order valence-electron chi connectivity index (χ4n) is 2.39. The van der Waals surface area contributed by atoms with Crippen molar-refractivity contribution in [2.45, 2.75) is 13.1 Å². The van der Waals surface area contributed by atoms with Crippen molar-refractivity contribution in [1.82, 2.24) is 19.7 Å². The Morgan fingerprint density at radius 2 is 1.75 bits per heavy atom. The summed E-state index contributed by atoms with van der Waals surface area (Å²) in [6.07, 6.45) is -3.40. The van der Waals surface area contributed by atoms with Crippen molar-refractivity contribution in [2.24, 2.45) is 7.05 Å². The summed E-state index contributed by atoms with van der Waals surface area (Å²) in [4.78, 5) is 17.6. The molecule has 2 heterocycles. The average Bonchev–Trinajstić information content (AvgIpc) is 3.04. The molecule has 0 unspecified atom stereocenters. The van der Waals surface area contributed by atoms with Crippen LogP contribution < -0.4 is 20.1 Å². The molecular formula is C19H21F3N6O4. The lowest BCUT2D eigenvalue weighted by atomic mass is 10.3. The second kappa shape index (κ2) is 10.3. The molecule has 0 spiro atoms. The van der Waals surface area contributed by atoms with Gasteiger partial charge in [0.25, 0.3) is 0 Å². The number of methoxy groups -OCH3 is 2. The van der Waals surface area contributed by atoms with E-state index in [1.54, 1.807) is 31.2 Å². The molecule has 32 heavy (non-hydrogen) atoms. The van der Waals surface area contributed by atoms with Gasteiger partial charge in [0.2, 0.25) is 5.95 Å². The summed E-state index contributed by atoms with van der Waals surface area (Å²) in [6, 6.07) is 9.26. The third-order valence-electron chi connectivity index (χ3n) is 3.80. The highest BCUT2D eigenvalue weighted by Gasteiger charge is 2.38. The van der Waals surface area contributed by atoms with Crippen molar-refractivity contribution in [3.05, 3.63) is 42.2 Å². The first-order valence-electron chi connectivity index (χ1n) is 8.93. The molecule has 2 aromatic heterocycles. The number of aryl methyl sites for hydroxylation is 2. The largest absolute Gasteiger partial charge is 0.493 e. The Kier molecular flexibility index (Phi) is 7.82. The van der Waals surface area contributed by atoms with E-state index < -0.39 is 12.1 Å². The summed E-state index contributed by atoms with van der Waals surface area (Å²) in [6.45, 7) is 1.94.